The Morgan fingerprint density at radius 1 is 0.162 bits per heavy atom. The van der Waals surface area contributed by atoms with Gasteiger partial charge in [-0.05, 0) is 24.3 Å². The molecule has 0 aromatic heterocycles. The topological polar surface area (TPSA) is 48.1 Å². The first-order valence-corrected chi connectivity index (χ1v) is 28.1. The van der Waals surface area contributed by atoms with Crippen molar-refractivity contribution < 1.29 is 0 Å². The Balaban J connectivity index is 1.24. The quantitative estimate of drug-likeness (QED) is 0.0687. The third-order valence-electron chi connectivity index (χ3n) is 11.4. The predicted molar refractivity (Wildman–Crippen MR) is 303 cm³/mol. The minimum Gasteiger partial charge on any atom is -0.356 e. The van der Waals surface area contributed by atoms with Crippen molar-refractivity contribution in [2.24, 2.45) is 0 Å². The molecule has 0 amide bonds. The van der Waals surface area contributed by atoms with Gasteiger partial charge in [0.05, 0.1) is 32.3 Å². The fraction of sp³-hybridized carbons (Fsp3) is 0. The fourth-order valence-electron chi connectivity index (χ4n) is 8.23. The number of hydrogen-bond acceptors (Lipinski definition) is 4. The van der Waals surface area contributed by atoms with Crippen molar-refractivity contribution in [1.29, 1.82) is 0 Å². The molecule has 8 heteroatoms. The summed E-state index contributed by atoms with van der Waals surface area (Å²) in [5.41, 5.74) is 6.32. The lowest BCUT2D eigenvalue weighted by Gasteiger charge is -2.31. The van der Waals surface area contributed by atoms with Crippen LogP contribution in [0.3, 0.4) is 0 Å². The molecule has 0 spiro atoms. The van der Waals surface area contributed by atoms with Gasteiger partial charge in [0.1, 0.15) is 0 Å². The number of hydrogen-bond donors (Lipinski definition) is 4. The van der Waals surface area contributed by atoms with Crippen LogP contribution in [0.2, 0.25) is 0 Å². The molecule has 10 rings (SSSR count). The van der Waals surface area contributed by atoms with E-state index in [1.54, 1.807) is 0 Å². The summed E-state index contributed by atoms with van der Waals surface area (Å²) in [5.74, 6) is 0. The highest BCUT2D eigenvalue weighted by Gasteiger charge is 2.27. The summed E-state index contributed by atoms with van der Waals surface area (Å²) in [6, 6.07) is 101. The molecule has 0 atom stereocenters. The average molecular weight is 951 g/mol. The molecule has 10 aromatic carbocycles. The van der Waals surface area contributed by atoms with Gasteiger partial charge in [-0.15, -0.1) is 0 Å². The smallest absolute Gasteiger partial charge is 0.0523 e. The monoisotopic (exact) mass is 950 g/mol. The second-order valence-electron chi connectivity index (χ2n) is 15.9. The zero-order valence-electron chi connectivity index (χ0n) is 37.3. The molecule has 0 radical (unpaired) electrons. The molecule has 0 bridgehead atoms. The summed E-state index contributed by atoms with van der Waals surface area (Å²) in [5, 5.41) is 26.9. The van der Waals surface area contributed by atoms with Crippen molar-refractivity contribution >= 4 is 97.5 Å². The van der Waals surface area contributed by atoms with Crippen LogP contribution in [0.4, 0.5) is 22.7 Å². The molecule has 0 aliphatic rings. The van der Waals surface area contributed by atoms with Crippen molar-refractivity contribution in [2.75, 3.05) is 20.3 Å². The summed E-state index contributed by atoms with van der Waals surface area (Å²) in [6.45, 7) is 0. The molecular weight excluding hydrogens is 901 g/mol. The van der Waals surface area contributed by atoms with Gasteiger partial charge in [-0.2, -0.15) is 0 Å². The minimum absolute atomic E-state index is 1.04. The largest absolute Gasteiger partial charge is 0.356 e. The van der Waals surface area contributed by atoms with Gasteiger partial charge in [-0.25, -0.2) is 0 Å². The van der Waals surface area contributed by atoms with E-state index in [1.165, 1.54) is 42.4 Å². The van der Waals surface area contributed by atoms with E-state index in [9.17, 15) is 0 Å². The zero-order chi connectivity index (χ0) is 45.7. The van der Waals surface area contributed by atoms with E-state index in [0.717, 1.165) is 33.9 Å². The normalized spacial score (nSPS) is 11.2. The third-order valence-corrected chi connectivity index (χ3v) is 19.8. The Bertz CT molecular complexity index is 2540. The second kappa shape index (κ2) is 22.3. The van der Waals surface area contributed by atoms with Crippen molar-refractivity contribution in [1.82, 2.24) is 0 Å². The van der Waals surface area contributed by atoms with Crippen molar-refractivity contribution in [2.45, 2.75) is 0 Å². The number of benzene rings is 10. The lowest BCUT2D eigenvalue weighted by atomic mass is 9.98. The van der Waals surface area contributed by atoms with Gasteiger partial charge < -0.3 is 20.3 Å². The first-order valence-electron chi connectivity index (χ1n) is 22.7. The van der Waals surface area contributed by atoms with Crippen LogP contribution in [-0.2, 0) is 0 Å². The average Bonchev–Trinajstić information content (AvgIpc) is 3.42. The first kappa shape index (κ1) is 44.9. The summed E-state index contributed by atoms with van der Waals surface area (Å²) < 4.78 is 0. The first-order chi connectivity index (χ1) is 33.8. The Hall–Kier alpha value is -6.88. The van der Waals surface area contributed by atoms with E-state index < -0.39 is 32.3 Å². The maximum Gasteiger partial charge on any atom is 0.0523 e. The minimum atomic E-state index is -1.06. The van der Waals surface area contributed by atoms with Gasteiger partial charge >= 0.3 is 0 Å². The Morgan fingerprint density at radius 2 is 0.309 bits per heavy atom. The predicted octanol–water partition coefficient (Wildman–Crippen LogP) is 13.2. The maximum absolute atomic E-state index is 4.25. The molecule has 0 fully saturated rings. The highest BCUT2D eigenvalue weighted by atomic mass is 31.1. The highest BCUT2D eigenvalue weighted by Crippen LogP contribution is 2.53. The standard InChI is InChI=1S/C60H50N4P4/c1-9-27-47(28-10-1)65(48-29-11-2-12-30-48)61-55-43-25-44-56(62-66(49-31-13-3-14-32-49)50-33-15-4-16-34-50)59(55)60-57(63-67(51-35-17-5-18-36-51)52-37-19-6-20-38-52)45-26-46-58(60)64-68(53-39-21-7-22-40-53)54-41-23-8-24-42-54/h1-46,61-64H. The summed E-state index contributed by atoms with van der Waals surface area (Å²) in [7, 11) is -4.23. The van der Waals surface area contributed by atoms with Crippen LogP contribution < -0.4 is 62.8 Å². The van der Waals surface area contributed by atoms with E-state index in [4.69, 9.17) is 0 Å². The number of rotatable bonds is 17. The van der Waals surface area contributed by atoms with Crippen LogP contribution in [-0.4, -0.2) is 0 Å². The van der Waals surface area contributed by atoms with Crippen LogP contribution in [0.25, 0.3) is 11.1 Å². The molecule has 0 saturated carbocycles. The maximum atomic E-state index is 4.25. The van der Waals surface area contributed by atoms with Crippen molar-refractivity contribution in [3.8, 4) is 11.1 Å². The molecule has 0 aliphatic carbocycles. The van der Waals surface area contributed by atoms with Crippen molar-refractivity contribution in [3.05, 3.63) is 279 Å². The van der Waals surface area contributed by atoms with Crippen LogP contribution in [0.1, 0.15) is 0 Å². The molecule has 0 heterocycles. The lowest BCUT2D eigenvalue weighted by molar-refractivity contribution is 1.57. The van der Waals surface area contributed by atoms with Gasteiger partial charge in [0.15, 0.2) is 0 Å². The van der Waals surface area contributed by atoms with Gasteiger partial charge in [-0.1, -0.05) is 255 Å². The summed E-state index contributed by atoms with van der Waals surface area (Å²) in [6.07, 6.45) is 0. The SMILES string of the molecule is c1ccc(P(Nc2cccc(NP(c3ccccc3)c3ccccc3)c2-c2c(NP(c3ccccc3)c3ccccc3)cccc2NP(c2ccccc2)c2ccccc2)c2ccccc2)cc1. The molecule has 0 saturated heterocycles. The molecule has 0 unspecified atom stereocenters. The molecule has 4 nitrogen and oxygen atoms in total. The number of nitrogens with one attached hydrogen (secondary N) is 4. The summed E-state index contributed by atoms with van der Waals surface area (Å²) >= 11 is 0. The van der Waals surface area contributed by atoms with E-state index in [2.05, 4.69) is 299 Å². The molecule has 4 N–H and O–H groups in total. The zero-order valence-corrected chi connectivity index (χ0v) is 40.9. The highest BCUT2D eigenvalue weighted by molar-refractivity contribution is 7.75. The molecule has 10 aromatic rings. The number of anilines is 4. The van der Waals surface area contributed by atoms with Crippen LogP contribution in [0, 0.1) is 0 Å². The molecular formula is C60H50N4P4. The second-order valence-corrected chi connectivity index (χ2v) is 23.6. The Morgan fingerprint density at radius 3 is 0.456 bits per heavy atom. The third kappa shape index (κ3) is 10.6. The van der Waals surface area contributed by atoms with Crippen LogP contribution in [0.5, 0.6) is 0 Å². The Labute approximate surface area is 405 Å². The van der Waals surface area contributed by atoms with Gasteiger partial charge in [0, 0.05) is 76.3 Å². The van der Waals surface area contributed by atoms with Gasteiger partial charge in [0.2, 0.25) is 0 Å². The van der Waals surface area contributed by atoms with E-state index in [1.807, 2.05) is 0 Å². The molecule has 0 aliphatic heterocycles. The van der Waals surface area contributed by atoms with E-state index in [-0.39, 0.29) is 0 Å². The Kier molecular flexibility index (Phi) is 14.7. The van der Waals surface area contributed by atoms with E-state index >= 15 is 0 Å². The lowest BCUT2D eigenvalue weighted by Crippen LogP contribution is -2.20. The van der Waals surface area contributed by atoms with Gasteiger partial charge in [-0.3, -0.25) is 0 Å². The molecule has 330 valence electrons. The fourth-order valence-corrected chi connectivity index (χ4v) is 15.9. The molecule has 68 heavy (non-hydrogen) atoms. The van der Waals surface area contributed by atoms with Crippen molar-refractivity contribution in [3.63, 3.8) is 0 Å². The summed E-state index contributed by atoms with van der Waals surface area (Å²) in [4.78, 5) is 0. The van der Waals surface area contributed by atoms with Gasteiger partial charge in [0.25, 0.3) is 0 Å². The van der Waals surface area contributed by atoms with Crippen LogP contribution >= 0.6 is 32.3 Å². The van der Waals surface area contributed by atoms with E-state index in [0.29, 0.717) is 0 Å². The van der Waals surface area contributed by atoms with Crippen LogP contribution in [0.15, 0.2) is 279 Å².